The smallest absolute Gasteiger partial charge is 0.305 e. The van der Waals surface area contributed by atoms with Crippen LogP contribution in [-0.4, -0.2) is 40.3 Å². The molecular weight excluding hydrogens is 272 g/mol. The average Bonchev–Trinajstić information content (AvgIpc) is 2.39. The van der Waals surface area contributed by atoms with Crippen molar-refractivity contribution in [3.8, 4) is 0 Å². The van der Waals surface area contributed by atoms with Crippen LogP contribution in [0, 0.1) is 11.8 Å². The fraction of sp³-hybridized carbons (Fsp3) is 0.812. The second-order valence-electron chi connectivity index (χ2n) is 6.43. The summed E-state index contributed by atoms with van der Waals surface area (Å²) in [6.07, 6.45) is 4.42. The lowest BCUT2D eigenvalue weighted by Gasteiger charge is -2.47. The Morgan fingerprint density at radius 3 is 2.81 bits per heavy atom. The predicted octanol–water partition coefficient (Wildman–Crippen LogP) is 2.33. The van der Waals surface area contributed by atoms with Crippen molar-refractivity contribution in [1.82, 2.24) is 0 Å². The summed E-state index contributed by atoms with van der Waals surface area (Å²) >= 11 is 0. The van der Waals surface area contributed by atoms with Gasteiger partial charge in [-0.15, -0.1) is 0 Å². The van der Waals surface area contributed by atoms with Gasteiger partial charge in [-0.3, -0.25) is 4.79 Å². The molecule has 1 spiro atoms. The topological polar surface area (TPSA) is 76.0 Å². The van der Waals surface area contributed by atoms with Gasteiger partial charge in [-0.2, -0.15) is 0 Å². The molecule has 2 aliphatic heterocycles. The number of rotatable bonds is 4. The van der Waals surface area contributed by atoms with Crippen molar-refractivity contribution in [1.29, 1.82) is 0 Å². The molecule has 120 valence electrons. The van der Waals surface area contributed by atoms with Crippen LogP contribution in [0.5, 0.6) is 0 Å². The number of aliphatic carboxylic acids is 1. The molecule has 0 radical (unpaired) electrons. The van der Waals surface area contributed by atoms with Crippen molar-refractivity contribution in [2.75, 3.05) is 0 Å². The summed E-state index contributed by atoms with van der Waals surface area (Å²) in [5.41, 5.74) is 0. The maximum Gasteiger partial charge on any atom is 0.305 e. The van der Waals surface area contributed by atoms with Crippen LogP contribution in [0.2, 0.25) is 0 Å². The number of hydrogen-bond acceptors (Lipinski definition) is 4. The van der Waals surface area contributed by atoms with Crippen molar-refractivity contribution < 1.29 is 24.5 Å². The molecule has 0 aliphatic carbocycles. The Labute approximate surface area is 125 Å². The van der Waals surface area contributed by atoms with Crippen molar-refractivity contribution in [2.24, 2.45) is 11.8 Å². The predicted molar refractivity (Wildman–Crippen MR) is 77.7 cm³/mol. The molecule has 2 heterocycles. The third-order valence-electron chi connectivity index (χ3n) is 4.54. The first-order valence-corrected chi connectivity index (χ1v) is 7.80. The molecule has 0 aromatic heterocycles. The first kappa shape index (κ1) is 16.5. The van der Waals surface area contributed by atoms with Gasteiger partial charge < -0.3 is 19.7 Å². The molecule has 1 fully saturated rings. The monoisotopic (exact) mass is 298 g/mol. The van der Waals surface area contributed by atoms with Crippen LogP contribution in [-0.2, 0) is 14.3 Å². The quantitative estimate of drug-likeness (QED) is 0.779. The van der Waals surface area contributed by atoms with Crippen LogP contribution >= 0.6 is 0 Å². The van der Waals surface area contributed by atoms with Crippen LogP contribution in [0.3, 0.4) is 0 Å². The van der Waals surface area contributed by atoms with Gasteiger partial charge in [0.2, 0.25) is 0 Å². The Bertz CT molecular complexity index is 407. The van der Waals surface area contributed by atoms with E-state index in [-0.39, 0.29) is 18.4 Å². The van der Waals surface area contributed by atoms with E-state index in [0.29, 0.717) is 18.8 Å². The minimum Gasteiger partial charge on any atom is -0.481 e. The molecule has 2 N–H and O–H groups in total. The molecule has 0 amide bonds. The summed E-state index contributed by atoms with van der Waals surface area (Å²) in [6.45, 7) is 6.37. The van der Waals surface area contributed by atoms with E-state index >= 15 is 0 Å². The Kier molecular flexibility index (Phi) is 5.07. The summed E-state index contributed by atoms with van der Waals surface area (Å²) in [4.78, 5) is 10.9. The molecule has 1 saturated heterocycles. The van der Waals surface area contributed by atoms with E-state index in [4.69, 9.17) is 14.6 Å². The zero-order chi connectivity index (χ0) is 15.6. The van der Waals surface area contributed by atoms with Crippen LogP contribution < -0.4 is 0 Å². The lowest BCUT2D eigenvalue weighted by molar-refractivity contribution is -0.299. The highest BCUT2D eigenvalue weighted by Crippen LogP contribution is 2.40. The summed E-state index contributed by atoms with van der Waals surface area (Å²) in [6, 6.07) is 0. The maximum atomic E-state index is 10.9. The fourth-order valence-electron chi connectivity index (χ4n) is 3.25. The van der Waals surface area contributed by atoms with Gasteiger partial charge in [-0.1, -0.05) is 33.3 Å². The lowest BCUT2D eigenvalue weighted by Crippen LogP contribution is -2.52. The van der Waals surface area contributed by atoms with Crippen LogP contribution in [0.25, 0.3) is 0 Å². The fourth-order valence-corrected chi connectivity index (χ4v) is 3.25. The standard InChI is InChI=1S/C16H26O5/c1-4-10(2)15-11(3)5-6-16(21-15)9-12(17)7-13(20-16)8-14(18)19/h5-6,10-13,15,17H,4,7-9H2,1-3H3,(H,18,19)/t10-,11-,12-,13+,15?,16+/m1/s1. The van der Waals surface area contributed by atoms with Gasteiger partial charge in [0.15, 0.2) is 5.79 Å². The summed E-state index contributed by atoms with van der Waals surface area (Å²) in [7, 11) is 0. The first-order chi connectivity index (χ1) is 9.85. The minimum absolute atomic E-state index is 0.0239. The largest absolute Gasteiger partial charge is 0.481 e. The Morgan fingerprint density at radius 1 is 1.48 bits per heavy atom. The number of carbonyl (C=O) groups is 1. The Hall–Kier alpha value is -0.910. The normalized spacial score (nSPS) is 41.1. The third kappa shape index (κ3) is 3.84. The number of aliphatic hydroxyl groups is 1. The zero-order valence-corrected chi connectivity index (χ0v) is 13.0. The molecule has 5 nitrogen and oxygen atoms in total. The molecular formula is C16H26O5. The van der Waals surface area contributed by atoms with Crippen LogP contribution in [0.1, 0.15) is 46.5 Å². The van der Waals surface area contributed by atoms with E-state index in [2.05, 4.69) is 26.8 Å². The number of carboxylic acid groups (broad SMARTS) is 1. The van der Waals surface area contributed by atoms with Crippen molar-refractivity contribution in [2.45, 2.75) is 70.6 Å². The van der Waals surface area contributed by atoms with Crippen molar-refractivity contribution in [3.63, 3.8) is 0 Å². The Morgan fingerprint density at radius 2 is 2.19 bits per heavy atom. The number of aliphatic hydroxyl groups excluding tert-OH is 1. The molecule has 2 rings (SSSR count). The number of ether oxygens (including phenoxy) is 2. The maximum absolute atomic E-state index is 10.9. The van der Waals surface area contributed by atoms with Gasteiger partial charge in [-0.05, 0) is 12.0 Å². The van der Waals surface area contributed by atoms with Crippen molar-refractivity contribution in [3.05, 3.63) is 12.2 Å². The van der Waals surface area contributed by atoms with Gasteiger partial charge in [0.05, 0.1) is 24.7 Å². The van der Waals surface area contributed by atoms with Crippen LogP contribution in [0.15, 0.2) is 12.2 Å². The second-order valence-corrected chi connectivity index (χ2v) is 6.43. The average molecular weight is 298 g/mol. The number of hydrogen-bond donors (Lipinski definition) is 2. The molecule has 0 aromatic carbocycles. The van der Waals surface area contributed by atoms with E-state index in [0.717, 1.165) is 6.42 Å². The third-order valence-corrected chi connectivity index (χ3v) is 4.54. The van der Waals surface area contributed by atoms with E-state index in [1.165, 1.54) is 0 Å². The molecule has 21 heavy (non-hydrogen) atoms. The van der Waals surface area contributed by atoms with Gasteiger partial charge in [0.25, 0.3) is 0 Å². The molecule has 2 aliphatic rings. The van der Waals surface area contributed by atoms with E-state index in [9.17, 15) is 9.90 Å². The minimum atomic E-state index is -0.974. The summed E-state index contributed by atoms with van der Waals surface area (Å²) in [5, 5.41) is 19.0. The summed E-state index contributed by atoms with van der Waals surface area (Å²) in [5.74, 6) is -1.23. The zero-order valence-electron chi connectivity index (χ0n) is 13.0. The molecule has 6 atom stereocenters. The number of carboxylic acids is 1. The summed E-state index contributed by atoms with van der Waals surface area (Å²) < 4.78 is 12.1. The SMILES string of the molecule is CC[C@@H](C)C1O[C@@]2(C=C[C@H]1C)C[C@H](O)C[C@@H](CC(=O)O)O2. The van der Waals surface area contributed by atoms with Gasteiger partial charge in [-0.25, -0.2) is 0 Å². The van der Waals surface area contributed by atoms with Crippen LogP contribution in [0.4, 0.5) is 0 Å². The van der Waals surface area contributed by atoms with E-state index < -0.39 is 24.0 Å². The molecule has 0 aromatic rings. The highest BCUT2D eigenvalue weighted by atomic mass is 16.7. The highest BCUT2D eigenvalue weighted by Gasteiger charge is 2.46. The first-order valence-electron chi connectivity index (χ1n) is 7.80. The molecule has 0 bridgehead atoms. The van der Waals surface area contributed by atoms with Crippen molar-refractivity contribution >= 4 is 5.97 Å². The van der Waals surface area contributed by atoms with E-state index in [1.54, 1.807) is 0 Å². The molecule has 1 unspecified atom stereocenters. The second kappa shape index (κ2) is 6.46. The van der Waals surface area contributed by atoms with E-state index in [1.807, 2.05) is 6.08 Å². The highest BCUT2D eigenvalue weighted by molar-refractivity contribution is 5.67. The lowest BCUT2D eigenvalue weighted by atomic mass is 9.86. The Balaban J connectivity index is 2.16. The molecule has 5 heteroatoms. The molecule has 0 saturated carbocycles. The van der Waals surface area contributed by atoms with Gasteiger partial charge in [0, 0.05) is 18.8 Å². The van der Waals surface area contributed by atoms with Gasteiger partial charge >= 0.3 is 5.97 Å². The van der Waals surface area contributed by atoms with Gasteiger partial charge in [0.1, 0.15) is 0 Å².